The van der Waals surface area contributed by atoms with Crippen LogP contribution in [0.25, 0.3) is 0 Å². The Morgan fingerprint density at radius 3 is 2.56 bits per heavy atom. The molecule has 0 saturated carbocycles. The van der Waals surface area contributed by atoms with Gasteiger partial charge in [0.15, 0.2) is 0 Å². The third-order valence-electron chi connectivity index (χ3n) is 2.35. The Labute approximate surface area is 127 Å². The average Bonchev–Trinajstić information content (AvgIpc) is 2.82. The van der Waals surface area contributed by atoms with Gasteiger partial charge in [-0.25, -0.2) is 4.98 Å². The molecular formula is C12H12Br2N2OS. The summed E-state index contributed by atoms with van der Waals surface area (Å²) in [4.78, 5) is 4.23. The van der Waals surface area contributed by atoms with Crippen LogP contribution in [-0.2, 0) is 13.1 Å². The Balaban J connectivity index is 1.97. The van der Waals surface area contributed by atoms with Crippen LogP contribution in [0.5, 0.6) is 5.75 Å². The number of rotatable bonds is 5. The monoisotopic (exact) mass is 390 g/mol. The second kappa shape index (κ2) is 6.65. The quantitative estimate of drug-likeness (QED) is 0.837. The Kier molecular flexibility index (Phi) is 5.17. The van der Waals surface area contributed by atoms with E-state index in [-0.39, 0.29) is 0 Å². The van der Waals surface area contributed by atoms with Crippen LogP contribution in [0.2, 0.25) is 0 Å². The van der Waals surface area contributed by atoms with Gasteiger partial charge in [0.05, 0.1) is 16.1 Å². The first-order valence-corrected chi connectivity index (χ1v) is 7.78. The first kappa shape index (κ1) is 14.0. The number of benzene rings is 1. The van der Waals surface area contributed by atoms with E-state index < -0.39 is 0 Å². The predicted molar refractivity (Wildman–Crippen MR) is 81.1 cm³/mol. The number of aromatic nitrogens is 1. The van der Waals surface area contributed by atoms with Crippen molar-refractivity contribution in [1.82, 2.24) is 10.3 Å². The van der Waals surface area contributed by atoms with E-state index in [4.69, 9.17) is 4.74 Å². The van der Waals surface area contributed by atoms with Crippen LogP contribution in [0.15, 0.2) is 32.7 Å². The zero-order chi connectivity index (χ0) is 13.0. The maximum atomic E-state index is 5.27. The molecule has 1 heterocycles. The molecule has 0 aliphatic carbocycles. The van der Waals surface area contributed by atoms with Gasteiger partial charge in [-0.1, -0.05) is 0 Å². The molecule has 0 amide bonds. The largest absolute Gasteiger partial charge is 0.494 e. The average molecular weight is 392 g/mol. The maximum absolute atomic E-state index is 5.27. The number of thiazole rings is 1. The molecule has 0 atom stereocenters. The number of halogens is 2. The SMILES string of the molecule is COc1c(Br)cc(CNCc2nccs2)cc1Br. The first-order valence-electron chi connectivity index (χ1n) is 5.31. The number of nitrogens with one attached hydrogen (secondary N) is 1. The molecule has 3 nitrogen and oxygen atoms in total. The minimum Gasteiger partial charge on any atom is -0.494 e. The van der Waals surface area contributed by atoms with Gasteiger partial charge in [0.25, 0.3) is 0 Å². The summed E-state index contributed by atoms with van der Waals surface area (Å²) in [6.45, 7) is 1.58. The number of hydrogen-bond acceptors (Lipinski definition) is 4. The highest BCUT2D eigenvalue weighted by Gasteiger charge is 2.07. The topological polar surface area (TPSA) is 34.1 Å². The summed E-state index contributed by atoms with van der Waals surface area (Å²) in [7, 11) is 1.66. The lowest BCUT2D eigenvalue weighted by atomic mass is 10.2. The Morgan fingerprint density at radius 1 is 1.28 bits per heavy atom. The van der Waals surface area contributed by atoms with Gasteiger partial charge in [0.1, 0.15) is 10.8 Å². The number of methoxy groups -OCH3 is 1. The van der Waals surface area contributed by atoms with Crippen LogP contribution in [0.4, 0.5) is 0 Å². The van der Waals surface area contributed by atoms with Crippen LogP contribution >= 0.6 is 43.2 Å². The lowest BCUT2D eigenvalue weighted by Gasteiger charge is -2.09. The molecule has 1 aromatic heterocycles. The van der Waals surface area contributed by atoms with Gasteiger partial charge < -0.3 is 10.1 Å². The van der Waals surface area contributed by atoms with Crippen molar-refractivity contribution in [2.45, 2.75) is 13.1 Å². The van der Waals surface area contributed by atoms with Crippen molar-refractivity contribution < 1.29 is 4.74 Å². The van der Waals surface area contributed by atoms with Crippen molar-refractivity contribution in [3.8, 4) is 5.75 Å². The molecule has 0 radical (unpaired) electrons. The molecule has 6 heteroatoms. The Hall–Kier alpha value is -0.430. The molecule has 1 N–H and O–H groups in total. The van der Waals surface area contributed by atoms with Crippen molar-refractivity contribution in [2.24, 2.45) is 0 Å². The van der Waals surface area contributed by atoms with Crippen LogP contribution in [0.1, 0.15) is 10.6 Å². The van der Waals surface area contributed by atoms with Gasteiger partial charge in [-0.2, -0.15) is 0 Å². The zero-order valence-corrected chi connectivity index (χ0v) is 13.7. The predicted octanol–water partition coefficient (Wildman–Crippen LogP) is 3.97. The number of nitrogens with zero attached hydrogens (tertiary/aromatic N) is 1. The van der Waals surface area contributed by atoms with Crippen molar-refractivity contribution in [3.05, 3.63) is 43.2 Å². The van der Waals surface area contributed by atoms with Crippen LogP contribution < -0.4 is 10.1 Å². The molecule has 96 valence electrons. The molecule has 0 unspecified atom stereocenters. The molecule has 0 aliphatic heterocycles. The molecule has 0 aliphatic rings. The van der Waals surface area contributed by atoms with E-state index >= 15 is 0 Å². The summed E-state index contributed by atoms with van der Waals surface area (Å²) >= 11 is 8.65. The molecule has 2 aromatic rings. The first-order chi connectivity index (χ1) is 8.70. The van der Waals surface area contributed by atoms with Gasteiger partial charge >= 0.3 is 0 Å². The van der Waals surface area contributed by atoms with Gasteiger partial charge in [-0.3, -0.25) is 0 Å². The molecule has 0 saturated heterocycles. The minimum atomic E-state index is 0.791. The van der Waals surface area contributed by atoms with Crippen LogP contribution in [-0.4, -0.2) is 12.1 Å². The summed E-state index contributed by atoms with van der Waals surface area (Å²) in [6.07, 6.45) is 1.82. The third kappa shape index (κ3) is 3.54. The Bertz CT molecular complexity index is 494. The smallest absolute Gasteiger partial charge is 0.147 e. The lowest BCUT2D eigenvalue weighted by Crippen LogP contribution is -2.12. The van der Waals surface area contributed by atoms with E-state index in [1.165, 1.54) is 5.56 Å². The fraction of sp³-hybridized carbons (Fsp3) is 0.250. The minimum absolute atomic E-state index is 0.791. The summed E-state index contributed by atoms with van der Waals surface area (Å²) in [5.41, 5.74) is 1.19. The highest BCUT2D eigenvalue weighted by atomic mass is 79.9. The molecule has 1 aromatic carbocycles. The molecular weight excluding hydrogens is 380 g/mol. The fourth-order valence-corrected chi connectivity index (χ4v) is 3.75. The van der Waals surface area contributed by atoms with E-state index in [2.05, 4.69) is 54.3 Å². The van der Waals surface area contributed by atoms with Crippen molar-refractivity contribution in [1.29, 1.82) is 0 Å². The molecule has 2 rings (SSSR count). The van der Waals surface area contributed by atoms with Crippen molar-refractivity contribution in [2.75, 3.05) is 7.11 Å². The summed E-state index contributed by atoms with van der Waals surface area (Å²) in [5.74, 6) is 0.818. The van der Waals surface area contributed by atoms with Crippen LogP contribution in [0, 0.1) is 0 Å². The van der Waals surface area contributed by atoms with E-state index in [1.807, 2.05) is 11.6 Å². The van der Waals surface area contributed by atoms with Crippen molar-refractivity contribution >= 4 is 43.2 Å². The van der Waals surface area contributed by atoms with Crippen molar-refractivity contribution in [3.63, 3.8) is 0 Å². The normalized spacial score (nSPS) is 10.6. The molecule has 18 heavy (non-hydrogen) atoms. The van der Waals surface area contributed by atoms with Gasteiger partial charge in [0.2, 0.25) is 0 Å². The van der Waals surface area contributed by atoms with Gasteiger partial charge in [-0.05, 0) is 49.6 Å². The summed E-state index contributed by atoms with van der Waals surface area (Å²) in [5, 5.41) is 6.44. The van der Waals surface area contributed by atoms with E-state index in [0.717, 1.165) is 32.8 Å². The van der Waals surface area contributed by atoms with E-state index in [1.54, 1.807) is 18.4 Å². The molecule has 0 bridgehead atoms. The maximum Gasteiger partial charge on any atom is 0.147 e. The highest BCUT2D eigenvalue weighted by molar-refractivity contribution is 9.11. The Morgan fingerprint density at radius 2 is 2.00 bits per heavy atom. The van der Waals surface area contributed by atoms with E-state index in [9.17, 15) is 0 Å². The van der Waals surface area contributed by atoms with Gasteiger partial charge in [0, 0.05) is 24.7 Å². The fourth-order valence-electron chi connectivity index (χ4n) is 1.56. The zero-order valence-electron chi connectivity index (χ0n) is 9.74. The number of ether oxygens (including phenoxy) is 1. The second-order valence-corrected chi connectivity index (χ2v) is 6.31. The number of hydrogen-bond donors (Lipinski definition) is 1. The standard InChI is InChI=1S/C12H12Br2N2OS/c1-17-12-9(13)4-8(5-10(12)14)6-15-7-11-16-2-3-18-11/h2-5,15H,6-7H2,1H3. The highest BCUT2D eigenvalue weighted by Crippen LogP contribution is 2.34. The lowest BCUT2D eigenvalue weighted by molar-refractivity contribution is 0.409. The van der Waals surface area contributed by atoms with Crippen LogP contribution in [0.3, 0.4) is 0 Å². The summed E-state index contributed by atoms with van der Waals surface area (Å²) in [6, 6.07) is 4.11. The molecule has 0 spiro atoms. The summed E-state index contributed by atoms with van der Waals surface area (Å²) < 4.78 is 7.17. The second-order valence-electron chi connectivity index (χ2n) is 3.62. The molecule has 0 fully saturated rings. The van der Waals surface area contributed by atoms with E-state index in [0.29, 0.717) is 0 Å². The third-order valence-corrected chi connectivity index (χ3v) is 4.31. The van der Waals surface area contributed by atoms with Gasteiger partial charge in [-0.15, -0.1) is 11.3 Å².